The topological polar surface area (TPSA) is 24.5 Å². The van der Waals surface area contributed by atoms with E-state index in [1.54, 1.807) is 7.11 Å². The minimum Gasteiger partial charge on any atom is -0.385 e. The van der Waals surface area contributed by atoms with E-state index < -0.39 is 0 Å². The second-order valence-corrected chi connectivity index (χ2v) is 6.67. The summed E-state index contributed by atoms with van der Waals surface area (Å²) in [4.78, 5) is 2.65. The number of hydrogen-bond acceptors (Lipinski definition) is 3. The van der Waals surface area contributed by atoms with Crippen molar-refractivity contribution in [1.82, 2.24) is 10.2 Å². The van der Waals surface area contributed by atoms with Crippen molar-refractivity contribution in [3.8, 4) is 0 Å². The largest absolute Gasteiger partial charge is 0.385 e. The maximum Gasteiger partial charge on any atom is 0.0535 e. The van der Waals surface area contributed by atoms with Gasteiger partial charge >= 0.3 is 0 Å². The van der Waals surface area contributed by atoms with Crippen molar-refractivity contribution in [3.63, 3.8) is 0 Å². The molecule has 3 nitrogen and oxygen atoms in total. The molecule has 2 rings (SSSR count). The summed E-state index contributed by atoms with van der Waals surface area (Å²) in [7, 11) is 1.78. The van der Waals surface area contributed by atoms with E-state index in [0.29, 0.717) is 0 Å². The van der Waals surface area contributed by atoms with Gasteiger partial charge in [-0.3, -0.25) is 4.90 Å². The Morgan fingerprint density at radius 2 is 1.95 bits per heavy atom. The molecule has 0 saturated carbocycles. The summed E-state index contributed by atoms with van der Waals surface area (Å²) in [6, 6.07) is 10.8. The Balaban J connectivity index is 2.14. The molecule has 1 fully saturated rings. The van der Waals surface area contributed by atoms with Crippen molar-refractivity contribution >= 4 is 0 Å². The SMILES string of the molecule is CCC1(C)CNC(C)(c2ccccc2)CN1CCCOC. The normalized spacial score (nSPS) is 30.5. The van der Waals surface area contributed by atoms with Gasteiger partial charge in [-0.2, -0.15) is 0 Å². The number of ether oxygens (including phenoxy) is 1. The zero-order valence-electron chi connectivity index (χ0n) is 14.0. The van der Waals surface area contributed by atoms with Gasteiger partial charge in [-0.15, -0.1) is 0 Å². The Morgan fingerprint density at radius 3 is 2.57 bits per heavy atom. The number of piperazine rings is 1. The predicted molar refractivity (Wildman–Crippen MR) is 88.6 cm³/mol. The summed E-state index contributed by atoms with van der Waals surface area (Å²) in [5.74, 6) is 0. The van der Waals surface area contributed by atoms with E-state index in [1.807, 2.05) is 0 Å². The average Bonchev–Trinajstić information content (AvgIpc) is 2.52. The van der Waals surface area contributed by atoms with Gasteiger partial charge in [0.25, 0.3) is 0 Å². The standard InChI is InChI=1S/C18H30N2O/c1-5-17(2)14-19-18(3,16-10-7-6-8-11-16)15-20(17)12-9-13-21-4/h6-8,10-11,19H,5,9,12-15H2,1-4H3. The van der Waals surface area contributed by atoms with Gasteiger partial charge in [0.15, 0.2) is 0 Å². The molecule has 0 bridgehead atoms. The van der Waals surface area contributed by atoms with Crippen molar-refractivity contribution in [2.75, 3.05) is 33.4 Å². The van der Waals surface area contributed by atoms with Crippen molar-refractivity contribution in [1.29, 1.82) is 0 Å². The van der Waals surface area contributed by atoms with Gasteiger partial charge < -0.3 is 10.1 Å². The van der Waals surface area contributed by atoms with Gasteiger partial charge in [0.2, 0.25) is 0 Å². The molecule has 1 aromatic rings. The summed E-state index contributed by atoms with van der Waals surface area (Å²) in [6.45, 7) is 11.0. The fraction of sp³-hybridized carbons (Fsp3) is 0.667. The number of nitrogens with one attached hydrogen (secondary N) is 1. The zero-order valence-corrected chi connectivity index (χ0v) is 14.0. The highest BCUT2D eigenvalue weighted by Gasteiger charge is 2.42. The molecule has 1 saturated heterocycles. The number of methoxy groups -OCH3 is 1. The molecule has 1 N–H and O–H groups in total. The molecular weight excluding hydrogens is 260 g/mol. The molecule has 0 aliphatic carbocycles. The third-order valence-corrected chi connectivity index (χ3v) is 5.08. The highest BCUT2D eigenvalue weighted by atomic mass is 16.5. The lowest BCUT2D eigenvalue weighted by atomic mass is 9.83. The first-order valence-corrected chi connectivity index (χ1v) is 8.08. The van der Waals surface area contributed by atoms with Crippen LogP contribution in [0.5, 0.6) is 0 Å². The van der Waals surface area contributed by atoms with E-state index in [1.165, 1.54) is 5.56 Å². The maximum atomic E-state index is 5.23. The number of nitrogens with zero attached hydrogens (tertiary/aromatic N) is 1. The Bertz CT molecular complexity index is 436. The number of benzene rings is 1. The van der Waals surface area contributed by atoms with E-state index in [4.69, 9.17) is 4.74 Å². The van der Waals surface area contributed by atoms with Gasteiger partial charge in [-0.05, 0) is 32.3 Å². The van der Waals surface area contributed by atoms with Gasteiger partial charge in [0, 0.05) is 38.9 Å². The highest BCUT2D eigenvalue weighted by Crippen LogP contribution is 2.32. The van der Waals surface area contributed by atoms with Crippen LogP contribution in [0.2, 0.25) is 0 Å². The molecule has 1 aliphatic rings. The fourth-order valence-corrected chi connectivity index (χ4v) is 3.22. The van der Waals surface area contributed by atoms with Crippen molar-refractivity contribution in [2.45, 2.75) is 44.7 Å². The average molecular weight is 290 g/mol. The van der Waals surface area contributed by atoms with Crippen LogP contribution in [0.3, 0.4) is 0 Å². The van der Waals surface area contributed by atoms with E-state index in [9.17, 15) is 0 Å². The van der Waals surface area contributed by atoms with Gasteiger partial charge in [0.1, 0.15) is 0 Å². The molecular formula is C18H30N2O. The monoisotopic (exact) mass is 290 g/mol. The first kappa shape index (κ1) is 16.5. The first-order chi connectivity index (χ1) is 10.0. The lowest BCUT2D eigenvalue weighted by molar-refractivity contribution is 0.0113. The summed E-state index contributed by atoms with van der Waals surface area (Å²) >= 11 is 0. The van der Waals surface area contributed by atoms with Crippen LogP contribution in [0, 0.1) is 0 Å². The molecule has 3 heteroatoms. The van der Waals surface area contributed by atoms with Crippen LogP contribution in [-0.4, -0.2) is 43.8 Å². The van der Waals surface area contributed by atoms with Crippen molar-refractivity contribution in [3.05, 3.63) is 35.9 Å². The number of hydrogen-bond donors (Lipinski definition) is 1. The van der Waals surface area contributed by atoms with Crippen LogP contribution in [0.1, 0.15) is 39.2 Å². The van der Waals surface area contributed by atoms with E-state index in [0.717, 1.165) is 39.1 Å². The molecule has 0 radical (unpaired) electrons. The lowest BCUT2D eigenvalue weighted by Gasteiger charge is -2.52. The Labute approximate surface area is 129 Å². The lowest BCUT2D eigenvalue weighted by Crippen LogP contribution is -2.66. The smallest absolute Gasteiger partial charge is 0.0535 e. The molecule has 0 aromatic heterocycles. The first-order valence-electron chi connectivity index (χ1n) is 8.08. The van der Waals surface area contributed by atoms with Crippen molar-refractivity contribution in [2.24, 2.45) is 0 Å². The molecule has 1 aromatic carbocycles. The highest BCUT2D eigenvalue weighted by molar-refractivity contribution is 5.25. The van der Waals surface area contributed by atoms with E-state index in [2.05, 4.69) is 61.3 Å². The molecule has 0 spiro atoms. The zero-order chi connectivity index (χ0) is 15.3. The molecule has 118 valence electrons. The molecule has 1 aliphatic heterocycles. The quantitative estimate of drug-likeness (QED) is 0.815. The summed E-state index contributed by atoms with van der Waals surface area (Å²) in [5, 5.41) is 3.80. The molecule has 2 atom stereocenters. The minimum absolute atomic E-state index is 0.0308. The Hall–Kier alpha value is -0.900. The molecule has 0 amide bonds. The third kappa shape index (κ3) is 3.65. The number of rotatable bonds is 6. The van der Waals surface area contributed by atoms with Crippen molar-refractivity contribution < 1.29 is 4.74 Å². The minimum atomic E-state index is 0.0308. The van der Waals surface area contributed by atoms with E-state index in [-0.39, 0.29) is 11.1 Å². The second-order valence-electron chi connectivity index (χ2n) is 6.67. The Kier molecular flexibility index (Phi) is 5.42. The van der Waals surface area contributed by atoms with E-state index >= 15 is 0 Å². The maximum absolute atomic E-state index is 5.23. The third-order valence-electron chi connectivity index (χ3n) is 5.08. The van der Waals surface area contributed by atoms with Gasteiger partial charge in [0.05, 0.1) is 5.54 Å². The molecule has 1 heterocycles. The van der Waals surface area contributed by atoms with Crippen LogP contribution in [-0.2, 0) is 10.3 Å². The fourth-order valence-electron chi connectivity index (χ4n) is 3.22. The van der Waals surface area contributed by atoms with Crippen LogP contribution in [0.15, 0.2) is 30.3 Å². The summed E-state index contributed by atoms with van der Waals surface area (Å²) in [6.07, 6.45) is 2.26. The Morgan fingerprint density at radius 1 is 1.24 bits per heavy atom. The van der Waals surface area contributed by atoms with Crippen LogP contribution >= 0.6 is 0 Å². The van der Waals surface area contributed by atoms with Crippen LogP contribution in [0.25, 0.3) is 0 Å². The van der Waals surface area contributed by atoms with Crippen LogP contribution < -0.4 is 5.32 Å². The predicted octanol–water partition coefficient (Wildman–Crippen LogP) is 3.01. The van der Waals surface area contributed by atoms with Crippen LogP contribution in [0.4, 0.5) is 0 Å². The summed E-state index contributed by atoms with van der Waals surface area (Å²) in [5.41, 5.74) is 1.64. The summed E-state index contributed by atoms with van der Waals surface area (Å²) < 4.78 is 5.23. The molecule has 2 unspecified atom stereocenters. The molecule has 21 heavy (non-hydrogen) atoms. The van der Waals surface area contributed by atoms with Gasteiger partial charge in [-0.25, -0.2) is 0 Å². The van der Waals surface area contributed by atoms with Gasteiger partial charge in [-0.1, -0.05) is 37.3 Å². The second kappa shape index (κ2) is 6.91.